The molecule has 0 saturated heterocycles. The molecule has 1 atom stereocenters. The summed E-state index contributed by atoms with van der Waals surface area (Å²) < 4.78 is 27.2. The summed E-state index contributed by atoms with van der Waals surface area (Å²) in [5.74, 6) is -0.192. The molecule has 0 spiro atoms. The van der Waals surface area contributed by atoms with Crippen LogP contribution in [0.25, 0.3) is 11.3 Å². The number of aromatic nitrogens is 1. The summed E-state index contributed by atoms with van der Waals surface area (Å²) in [7, 11) is 0. The van der Waals surface area contributed by atoms with Gasteiger partial charge in [0, 0.05) is 25.1 Å². The van der Waals surface area contributed by atoms with Crippen LogP contribution >= 0.6 is 11.6 Å². The lowest BCUT2D eigenvalue weighted by atomic mass is 10.0. The molecule has 1 amide bonds. The molecule has 1 aliphatic heterocycles. The average Bonchev–Trinajstić information content (AvgIpc) is 3.33. The van der Waals surface area contributed by atoms with E-state index in [0.29, 0.717) is 23.4 Å². The van der Waals surface area contributed by atoms with E-state index in [9.17, 15) is 13.6 Å². The Morgan fingerprint density at radius 2 is 1.97 bits per heavy atom. The predicted molar refractivity (Wildman–Crippen MR) is 130 cm³/mol. The Morgan fingerprint density at radius 1 is 1.15 bits per heavy atom. The standard InChI is InChI=1S/C26H25ClF2N4O/c1-15-10-18(5-8-22(15)29)16(2)32-26(34)24-12-17(14-31-25-4-3-9-30-25)11-23(33-24)20-7-6-19(28)13-21(20)27/h5-8,10-13,16H,3-4,9,14H2,1-2H3,(H,30,31)(H,32,34). The van der Waals surface area contributed by atoms with E-state index < -0.39 is 5.82 Å². The van der Waals surface area contributed by atoms with Crippen molar-refractivity contribution in [2.24, 2.45) is 4.99 Å². The van der Waals surface area contributed by atoms with Crippen molar-refractivity contribution < 1.29 is 13.6 Å². The van der Waals surface area contributed by atoms with Crippen LogP contribution in [0.15, 0.2) is 53.5 Å². The first kappa shape index (κ1) is 23.8. The molecule has 0 radical (unpaired) electrons. The van der Waals surface area contributed by atoms with E-state index in [4.69, 9.17) is 11.6 Å². The second-order valence-corrected chi connectivity index (χ2v) is 8.77. The van der Waals surface area contributed by atoms with Gasteiger partial charge in [0.25, 0.3) is 5.91 Å². The first-order valence-corrected chi connectivity index (χ1v) is 11.5. The van der Waals surface area contributed by atoms with Crippen LogP contribution in [0, 0.1) is 18.6 Å². The number of aliphatic imine (C=N–C) groups is 1. The number of pyridine rings is 1. The fraction of sp³-hybridized carbons (Fsp3) is 0.269. The number of halogens is 3. The molecule has 0 fully saturated rings. The quantitative estimate of drug-likeness (QED) is 0.469. The van der Waals surface area contributed by atoms with Crippen LogP contribution in [0.4, 0.5) is 8.78 Å². The van der Waals surface area contributed by atoms with Crippen LogP contribution in [0.5, 0.6) is 0 Å². The van der Waals surface area contributed by atoms with Crippen molar-refractivity contribution >= 4 is 23.3 Å². The Kier molecular flexibility index (Phi) is 7.22. The lowest BCUT2D eigenvalue weighted by Gasteiger charge is -2.16. The van der Waals surface area contributed by atoms with Gasteiger partial charge in [-0.05, 0) is 73.4 Å². The van der Waals surface area contributed by atoms with E-state index in [1.807, 2.05) is 13.0 Å². The third-order valence-electron chi connectivity index (χ3n) is 5.73. The summed E-state index contributed by atoms with van der Waals surface area (Å²) in [4.78, 5) is 22.1. The molecule has 2 aromatic carbocycles. The van der Waals surface area contributed by atoms with Gasteiger partial charge in [0.05, 0.1) is 22.6 Å². The van der Waals surface area contributed by atoms with E-state index >= 15 is 0 Å². The Bertz CT molecular complexity index is 1260. The molecule has 3 aromatic rings. The van der Waals surface area contributed by atoms with Crippen molar-refractivity contribution in [1.82, 2.24) is 15.6 Å². The molecule has 0 aliphatic carbocycles. The number of nitrogens with one attached hydrogen (secondary N) is 2. The van der Waals surface area contributed by atoms with E-state index in [2.05, 4.69) is 20.6 Å². The van der Waals surface area contributed by atoms with Crippen LogP contribution in [-0.2, 0) is 6.54 Å². The SMILES string of the molecule is Cc1cc(C(C)NC(=O)c2cc(CNC3=NCCC3)cc(-c3ccc(F)cc3Cl)n2)ccc1F. The number of rotatable bonds is 6. The molecular formula is C26H25ClF2N4O. The van der Waals surface area contributed by atoms with Crippen molar-refractivity contribution in [2.45, 2.75) is 39.3 Å². The van der Waals surface area contributed by atoms with Gasteiger partial charge in [0.2, 0.25) is 0 Å². The van der Waals surface area contributed by atoms with Crippen molar-refractivity contribution in [3.8, 4) is 11.3 Å². The maximum atomic E-state index is 13.6. The summed E-state index contributed by atoms with van der Waals surface area (Å²) in [6.45, 7) is 4.77. The monoisotopic (exact) mass is 482 g/mol. The molecule has 0 saturated carbocycles. The van der Waals surface area contributed by atoms with Crippen LogP contribution in [0.2, 0.25) is 5.02 Å². The number of hydrogen-bond acceptors (Lipinski definition) is 4. The predicted octanol–water partition coefficient (Wildman–Crippen LogP) is 5.76. The fourth-order valence-electron chi connectivity index (χ4n) is 3.82. The highest BCUT2D eigenvalue weighted by molar-refractivity contribution is 6.33. The molecule has 1 unspecified atom stereocenters. The second kappa shape index (κ2) is 10.3. The van der Waals surface area contributed by atoms with Crippen LogP contribution in [0.1, 0.15) is 53.0 Å². The smallest absolute Gasteiger partial charge is 0.270 e. The van der Waals surface area contributed by atoms with Gasteiger partial charge in [-0.25, -0.2) is 13.8 Å². The van der Waals surface area contributed by atoms with Gasteiger partial charge in [0.15, 0.2) is 0 Å². The molecule has 176 valence electrons. The van der Waals surface area contributed by atoms with E-state index in [0.717, 1.165) is 36.3 Å². The molecule has 5 nitrogen and oxygen atoms in total. The Balaban J connectivity index is 1.63. The highest BCUT2D eigenvalue weighted by Crippen LogP contribution is 2.28. The van der Waals surface area contributed by atoms with Crippen molar-refractivity contribution in [3.05, 3.63) is 87.6 Å². The largest absolute Gasteiger partial charge is 0.370 e. The third kappa shape index (κ3) is 5.59. The Hall–Kier alpha value is -3.32. The summed E-state index contributed by atoms with van der Waals surface area (Å²) in [6.07, 6.45) is 1.91. The van der Waals surface area contributed by atoms with Crippen molar-refractivity contribution in [1.29, 1.82) is 0 Å². The molecule has 1 aliphatic rings. The van der Waals surface area contributed by atoms with Gasteiger partial charge < -0.3 is 10.6 Å². The third-order valence-corrected chi connectivity index (χ3v) is 6.04. The zero-order valence-corrected chi connectivity index (χ0v) is 19.7. The molecule has 34 heavy (non-hydrogen) atoms. The lowest BCUT2D eigenvalue weighted by Crippen LogP contribution is -2.28. The zero-order valence-electron chi connectivity index (χ0n) is 19.0. The highest BCUT2D eigenvalue weighted by atomic mass is 35.5. The van der Waals surface area contributed by atoms with Crippen LogP contribution in [0.3, 0.4) is 0 Å². The lowest BCUT2D eigenvalue weighted by molar-refractivity contribution is 0.0935. The Morgan fingerprint density at radius 3 is 2.68 bits per heavy atom. The first-order valence-electron chi connectivity index (χ1n) is 11.1. The maximum absolute atomic E-state index is 13.6. The Labute approximate surface area is 202 Å². The van der Waals surface area contributed by atoms with Gasteiger partial charge in [-0.2, -0.15) is 0 Å². The molecular weight excluding hydrogens is 458 g/mol. The summed E-state index contributed by atoms with van der Waals surface area (Å²) >= 11 is 6.27. The zero-order chi connectivity index (χ0) is 24.2. The second-order valence-electron chi connectivity index (χ2n) is 8.36. The number of amides is 1. The van der Waals surface area contributed by atoms with E-state index in [1.54, 1.807) is 31.2 Å². The van der Waals surface area contributed by atoms with Crippen LogP contribution in [-0.4, -0.2) is 23.3 Å². The molecule has 2 heterocycles. The van der Waals surface area contributed by atoms with Gasteiger partial charge in [0.1, 0.15) is 17.3 Å². The summed E-state index contributed by atoms with van der Waals surface area (Å²) in [6, 6.07) is 12.0. The number of benzene rings is 2. The fourth-order valence-corrected chi connectivity index (χ4v) is 4.08. The molecule has 8 heteroatoms. The number of amidine groups is 1. The van der Waals surface area contributed by atoms with Gasteiger partial charge >= 0.3 is 0 Å². The van der Waals surface area contributed by atoms with Crippen molar-refractivity contribution in [2.75, 3.05) is 6.54 Å². The molecule has 0 bridgehead atoms. The van der Waals surface area contributed by atoms with Gasteiger partial charge in [-0.1, -0.05) is 23.7 Å². The minimum Gasteiger partial charge on any atom is -0.370 e. The topological polar surface area (TPSA) is 66.4 Å². The molecule has 1 aromatic heterocycles. The minimum atomic E-state index is -0.452. The normalized spacial score (nSPS) is 14.0. The van der Waals surface area contributed by atoms with Crippen molar-refractivity contribution in [3.63, 3.8) is 0 Å². The molecule has 4 rings (SSSR count). The highest BCUT2D eigenvalue weighted by Gasteiger charge is 2.17. The minimum absolute atomic E-state index is 0.203. The van der Waals surface area contributed by atoms with Gasteiger partial charge in [-0.15, -0.1) is 0 Å². The van der Waals surface area contributed by atoms with Gasteiger partial charge in [-0.3, -0.25) is 9.79 Å². The number of carbonyl (C=O) groups is 1. The first-order chi connectivity index (χ1) is 16.3. The number of hydrogen-bond donors (Lipinski definition) is 2. The summed E-state index contributed by atoms with van der Waals surface area (Å²) in [5.41, 5.74) is 3.30. The van der Waals surface area contributed by atoms with E-state index in [1.165, 1.54) is 18.2 Å². The number of carbonyl (C=O) groups excluding carboxylic acids is 1. The average molecular weight is 483 g/mol. The molecule has 2 N–H and O–H groups in total. The number of aryl methyl sites for hydroxylation is 1. The summed E-state index contributed by atoms with van der Waals surface area (Å²) in [5, 5.41) is 6.44. The van der Waals surface area contributed by atoms with Crippen LogP contribution < -0.4 is 10.6 Å². The number of nitrogens with zero attached hydrogens (tertiary/aromatic N) is 2. The maximum Gasteiger partial charge on any atom is 0.270 e. The van der Waals surface area contributed by atoms with E-state index in [-0.39, 0.29) is 28.5 Å².